The number of benzene rings is 1. The molecule has 0 saturated carbocycles. The van der Waals surface area contributed by atoms with Gasteiger partial charge in [0.25, 0.3) is 0 Å². The highest BCUT2D eigenvalue weighted by molar-refractivity contribution is 5.80. The fourth-order valence-corrected chi connectivity index (χ4v) is 2.23. The number of carbonyl (C=O) groups is 1. The molecule has 1 unspecified atom stereocenters. The molecule has 0 aliphatic heterocycles. The molecule has 0 bridgehead atoms. The molecule has 0 radical (unpaired) electrons. The first kappa shape index (κ1) is 17.5. The van der Waals surface area contributed by atoms with Gasteiger partial charge in [0, 0.05) is 0 Å². The molecule has 118 valence electrons. The van der Waals surface area contributed by atoms with E-state index in [-0.39, 0.29) is 12.6 Å². The molecule has 0 aliphatic rings. The molecule has 0 aliphatic carbocycles. The summed E-state index contributed by atoms with van der Waals surface area (Å²) < 4.78 is 10.5. The molecule has 0 saturated heterocycles. The Morgan fingerprint density at radius 1 is 1.43 bits per heavy atom. The highest BCUT2D eigenvalue weighted by atomic mass is 16.5. The standard InChI is InChI=1S/C16H25NO4/c1-4-17-16(2,15(19)20-3)9-6-10-21-14-8-5-7-13(11-14)12-18/h5,7-8,11,17-18H,4,6,9-10,12H2,1-3H3. The van der Waals surface area contributed by atoms with Crippen LogP contribution in [0.1, 0.15) is 32.3 Å². The van der Waals surface area contributed by atoms with Gasteiger partial charge in [-0.2, -0.15) is 0 Å². The second-order valence-electron chi connectivity index (χ2n) is 5.11. The normalized spacial score (nSPS) is 13.5. The van der Waals surface area contributed by atoms with Crippen LogP contribution in [-0.2, 0) is 16.1 Å². The van der Waals surface area contributed by atoms with Crippen molar-refractivity contribution in [2.75, 3.05) is 20.3 Å². The molecule has 0 aromatic heterocycles. The van der Waals surface area contributed by atoms with Crippen molar-refractivity contribution in [3.8, 4) is 5.75 Å². The van der Waals surface area contributed by atoms with Crippen LogP contribution >= 0.6 is 0 Å². The highest BCUT2D eigenvalue weighted by Crippen LogP contribution is 2.17. The minimum Gasteiger partial charge on any atom is -0.494 e. The van der Waals surface area contributed by atoms with E-state index in [1.807, 2.05) is 38.1 Å². The van der Waals surface area contributed by atoms with Crippen LogP contribution in [0.25, 0.3) is 0 Å². The second-order valence-corrected chi connectivity index (χ2v) is 5.11. The predicted octanol–water partition coefficient (Wildman–Crippen LogP) is 1.88. The van der Waals surface area contributed by atoms with E-state index in [0.29, 0.717) is 19.6 Å². The van der Waals surface area contributed by atoms with Crippen LogP contribution in [0.3, 0.4) is 0 Å². The molecule has 0 heterocycles. The Hall–Kier alpha value is -1.59. The Kier molecular flexibility index (Phi) is 7.19. The Bertz CT molecular complexity index is 450. The summed E-state index contributed by atoms with van der Waals surface area (Å²) in [6.45, 7) is 5.00. The van der Waals surface area contributed by atoms with Crippen LogP contribution in [-0.4, -0.2) is 36.9 Å². The Labute approximate surface area is 126 Å². The lowest BCUT2D eigenvalue weighted by molar-refractivity contribution is -0.148. The number of aliphatic hydroxyl groups excluding tert-OH is 1. The zero-order chi connectivity index (χ0) is 15.7. The molecule has 21 heavy (non-hydrogen) atoms. The maximum Gasteiger partial charge on any atom is 0.325 e. The van der Waals surface area contributed by atoms with Crippen molar-refractivity contribution in [2.24, 2.45) is 0 Å². The minimum atomic E-state index is -0.681. The van der Waals surface area contributed by atoms with Gasteiger partial charge in [0.2, 0.25) is 0 Å². The van der Waals surface area contributed by atoms with Crippen molar-refractivity contribution in [3.05, 3.63) is 29.8 Å². The lowest BCUT2D eigenvalue weighted by Gasteiger charge is -2.27. The number of likely N-dealkylation sites (N-methyl/N-ethyl adjacent to an activating group) is 1. The molecule has 5 heteroatoms. The van der Waals surface area contributed by atoms with E-state index in [9.17, 15) is 4.79 Å². The zero-order valence-electron chi connectivity index (χ0n) is 13.0. The third-order valence-electron chi connectivity index (χ3n) is 3.37. The van der Waals surface area contributed by atoms with Crippen molar-refractivity contribution >= 4 is 5.97 Å². The van der Waals surface area contributed by atoms with Gasteiger partial charge in [-0.05, 0) is 44.0 Å². The molecule has 1 atom stereocenters. The molecule has 0 spiro atoms. The van der Waals surface area contributed by atoms with Crippen LogP contribution in [0.15, 0.2) is 24.3 Å². The summed E-state index contributed by atoms with van der Waals surface area (Å²) in [5.74, 6) is 0.469. The summed E-state index contributed by atoms with van der Waals surface area (Å²) >= 11 is 0. The van der Waals surface area contributed by atoms with Gasteiger partial charge in [0.1, 0.15) is 11.3 Å². The van der Waals surface area contributed by atoms with E-state index in [2.05, 4.69) is 5.32 Å². The third-order valence-corrected chi connectivity index (χ3v) is 3.37. The number of esters is 1. The molecule has 0 amide bonds. The van der Waals surface area contributed by atoms with E-state index in [4.69, 9.17) is 14.6 Å². The number of ether oxygens (including phenoxy) is 2. The van der Waals surface area contributed by atoms with Gasteiger partial charge >= 0.3 is 5.97 Å². The first-order valence-corrected chi connectivity index (χ1v) is 7.21. The molecule has 5 nitrogen and oxygen atoms in total. The summed E-state index contributed by atoms with van der Waals surface area (Å²) in [5.41, 5.74) is 0.138. The fraction of sp³-hybridized carbons (Fsp3) is 0.562. The maximum atomic E-state index is 11.8. The second kappa shape index (κ2) is 8.64. The van der Waals surface area contributed by atoms with Crippen molar-refractivity contribution in [1.29, 1.82) is 0 Å². The van der Waals surface area contributed by atoms with E-state index in [1.165, 1.54) is 7.11 Å². The number of rotatable bonds is 9. The van der Waals surface area contributed by atoms with E-state index < -0.39 is 5.54 Å². The molecular formula is C16H25NO4. The van der Waals surface area contributed by atoms with Crippen LogP contribution in [0.5, 0.6) is 5.75 Å². The van der Waals surface area contributed by atoms with Crippen LogP contribution < -0.4 is 10.1 Å². The first-order chi connectivity index (χ1) is 10.1. The van der Waals surface area contributed by atoms with Crippen LogP contribution in [0.2, 0.25) is 0 Å². The average Bonchev–Trinajstić information content (AvgIpc) is 2.51. The molecule has 2 N–H and O–H groups in total. The number of hydrogen-bond donors (Lipinski definition) is 2. The average molecular weight is 295 g/mol. The third kappa shape index (κ3) is 5.36. The predicted molar refractivity (Wildman–Crippen MR) is 81.2 cm³/mol. The summed E-state index contributed by atoms with van der Waals surface area (Å²) in [6.07, 6.45) is 1.36. The topological polar surface area (TPSA) is 67.8 Å². The van der Waals surface area contributed by atoms with Gasteiger partial charge in [0.15, 0.2) is 0 Å². The fourth-order valence-electron chi connectivity index (χ4n) is 2.23. The van der Waals surface area contributed by atoms with Gasteiger partial charge < -0.3 is 19.9 Å². The van der Waals surface area contributed by atoms with Gasteiger partial charge in [-0.3, -0.25) is 4.79 Å². The highest BCUT2D eigenvalue weighted by Gasteiger charge is 2.32. The number of carbonyl (C=O) groups excluding carboxylic acids is 1. The first-order valence-electron chi connectivity index (χ1n) is 7.21. The summed E-state index contributed by atoms with van der Waals surface area (Å²) in [6, 6.07) is 7.34. The minimum absolute atomic E-state index is 0.00195. The maximum absolute atomic E-state index is 11.8. The van der Waals surface area contributed by atoms with Gasteiger partial charge in [-0.25, -0.2) is 0 Å². The van der Waals surface area contributed by atoms with E-state index in [1.54, 1.807) is 0 Å². The number of hydrogen-bond acceptors (Lipinski definition) is 5. The molecule has 0 fully saturated rings. The number of methoxy groups -OCH3 is 1. The zero-order valence-corrected chi connectivity index (χ0v) is 13.0. The Morgan fingerprint density at radius 3 is 2.81 bits per heavy atom. The number of aliphatic hydroxyl groups is 1. The summed E-state index contributed by atoms with van der Waals surface area (Å²) in [4.78, 5) is 11.8. The number of nitrogens with one attached hydrogen (secondary N) is 1. The lowest BCUT2D eigenvalue weighted by Crippen LogP contribution is -2.50. The van der Waals surface area contributed by atoms with Gasteiger partial charge in [-0.15, -0.1) is 0 Å². The quantitative estimate of drug-likeness (QED) is 0.538. The largest absolute Gasteiger partial charge is 0.494 e. The molecule has 1 aromatic carbocycles. The monoisotopic (exact) mass is 295 g/mol. The smallest absolute Gasteiger partial charge is 0.325 e. The van der Waals surface area contributed by atoms with E-state index >= 15 is 0 Å². The van der Waals surface area contributed by atoms with Crippen LogP contribution in [0.4, 0.5) is 0 Å². The summed E-state index contributed by atoms with van der Waals surface area (Å²) in [7, 11) is 1.40. The SMILES string of the molecule is CCNC(C)(CCCOc1cccc(CO)c1)C(=O)OC. The van der Waals surface area contributed by atoms with Crippen molar-refractivity contribution in [3.63, 3.8) is 0 Å². The molecule has 1 aromatic rings. The Balaban J connectivity index is 2.45. The Morgan fingerprint density at radius 2 is 2.19 bits per heavy atom. The van der Waals surface area contributed by atoms with Crippen LogP contribution in [0, 0.1) is 0 Å². The molecule has 1 rings (SSSR count). The van der Waals surface area contributed by atoms with Crippen molar-refractivity contribution in [2.45, 2.75) is 38.8 Å². The van der Waals surface area contributed by atoms with E-state index in [0.717, 1.165) is 17.7 Å². The lowest BCUT2D eigenvalue weighted by atomic mass is 9.96. The summed E-state index contributed by atoms with van der Waals surface area (Å²) in [5, 5.41) is 12.2. The van der Waals surface area contributed by atoms with Gasteiger partial charge in [0.05, 0.1) is 20.3 Å². The molecular weight excluding hydrogens is 270 g/mol. The van der Waals surface area contributed by atoms with Gasteiger partial charge in [-0.1, -0.05) is 19.1 Å². The van der Waals surface area contributed by atoms with Crippen molar-refractivity contribution in [1.82, 2.24) is 5.32 Å². The van der Waals surface area contributed by atoms with Crippen molar-refractivity contribution < 1.29 is 19.4 Å².